The number of anilines is 1. The number of amides is 5. The van der Waals surface area contributed by atoms with Crippen LogP contribution in [0.4, 0.5) is 10.5 Å². The van der Waals surface area contributed by atoms with Crippen LogP contribution in [0.1, 0.15) is 11.1 Å². The van der Waals surface area contributed by atoms with Crippen LogP contribution in [0.25, 0.3) is 5.57 Å². The normalized spacial score (nSPS) is 16.5. The number of urea groups is 1. The van der Waals surface area contributed by atoms with Crippen LogP contribution in [-0.4, -0.2) is 23.8 Å². The minimum absolute atomic E-state index is 0.000897. The Balaban J connectivity index is 1.84. The molecule has 7 nitrogen and oxygen atoms in total. The average Bonchev–Trinajstić information content (AvgIpc) is 2.88. The molecule has 0 spiro atoms. The number of barbiturate groups is 1. The fraction of sp³-hybridized carbons (Fsp3) is 0.0526. The van der Waals surface area contributed by atoms with Crippen LogP contribution in [0.5, 0.6) is 0 Å². The van der Waals surface area contributed by atoms with E-state index in [2.05, 4.69) is 0 Å². The molecule has 2 aromatic rings. The molecule has 0 aromatic heterocycles. The average molecular weight is 347 g/mol. The summed E-state index contributed by atoms with van der Waals surface area (Å²) < 4.78 is 0. The number of nitrogens with one attached hydrogen (secondary N) is 2. The van der Waals surface area contributed by atoms with E-state index in [9.17, 15) is 19.2 Å². The van der Waals surface area contributed by atoms with Crippen molar-refractivity contribution >= 4 is 35.0 Å². The SMILES string of the molecule is O=C1NC(=O)C(=C2C(=O)N(Cc3ccccc3)c3ccccc32)C(=O)N1. The van der Waals surface area contributed by atoms with Crippen molar-refractivity contribution in [1.29, 1.82) is 0 Å². The standard InChI is InChI=1S/C19H13N3O4/c23-16-15(17(24)21-19(26)20-16)14-12-8-4-5-9-13(12)22(18(14)25)10-11-6-2-1-3-7-11/h1-9H,10H2,(H2,20,21,23,24,26). The van der Waals surface area contributed by atoms with Crippen molar-refractivity contribution in [2.75, 3.05) is 4.90 Å². The summed E-state index contributed by atoms with van der Waals surface area (Å²) in [5.74, 6) is -2.21. The molecule has 2 aromatic carbocycles. The summed E-state index contributed by atoms with van der Waals surface area (Å²) in [5, 5.41) is 4.03. The molecule has 1 saturated heterocycles. The highest BCUT2D eigenvalue weighted by Crippen LogP contribution is 2.39. The zero-order valence-corrected chi connectivity index (χ0v) is 13.5. The third-order valence-electron chi connectivity index (χ3n) is 4.26. The maximum Gasteiger partial charge on any atom is 0.328 e. The Labute approximate surface area is 148 Å². The molecule has 2 heterocycles. The van der Waals surface area contributed by atoms with Crippen molar-refractivity contribution in [2.45, 2.75) is 6.54 Å². The highest BCUT2D eigenvalue weighted by Gasteiger charge is 2.40. The van der Waals surface area contributed by atoms with Crippen LogP contribution < -0.4 is 15.5 Å². The summed E-state index contributed by atoms with van der Waals surface area (Å²) in [4.78, 5) is 50.3. The van der Waals surface area contributed by atoms with Gasteiger partial charge in [-0.1, -0.05) is 48.5 Å². The Morgan fingerprint density at radius 1 is 0.731 bits per heavy atom. The Hall–Kier alpha value is -3.74. The number of carbonyl (C=O) groups is 4. The number of rotatable bonds is 2. The van der Waals surface area contributed by atoms with E-state index in [1.807, 2.05) is 41.0 Å². The fourth-order valence-electron chi connectivity index (χ4n) is 3.14. The summed E-state index contributed by atoms with van der Waals surface area (Å²) in [6, 6.07) is 15.4. The lowest BCUT2D eigenvalue weighted by Crippen LogP contribution is -2.52. The number of imide groups is 2. The molecule has 2 aliphatic rings. The second-order valence-corrected chi connectivity index (χ2v) is 5.88. The maximum atomic E-state index is 13.1. The van der Waals surface area contributed by atoms with Crippen molar-refractivity contribution < 1.29 is 19.2 Å². The molecule has 0 aliphatic carbocycles. The topological polar surface area (TPSA) is 95.6 Å². The minimum atomic E-state index is -0.899. The van der Waals surface area contributed by atoms with Gasteiger partial charge in [0.15, 0.2) is 0 Å². The number of hydrogen-bond donors (Lipinski definition) is 2. The molecule has 5 amide bonds. The summed E-state index contributed by atoms with van der Waals surface area (Å²) in [7, 11) is 0. The first-order valence-electron chi connectivity index (χ1n) is 7.92. The smallest absolute Gasteiger partial charge is 0.303 e. The van der Waals surface area contributed by atoms with Crippen LogP contribution in [-0.2, 0) is 20.9 Å². The number of para-hydroxylation sites is 1. The highest BCUT2D eigenvalue weighted by molar-refractivity contribution is 6.44. The van der Waals surface area contributed by atoms with Gasteiger partial charge >= 0.3 is 6.03 Å². The molecule has 4 rings (SSSR count). The van der Waals surface area contributed by atoms with Gasteiger partial charge in [-0.25, -0.2) is 4.79 Å². The lowest BCUT2D eigenvalue weighted by atomic mass is 9.99. The molecule has 128 valence electrons. The molecule has 0 radical (unpaired) electrons. The Kier molecular flexibility index (Phi) is 3.62. The molecule has 2 aliphatic heterocycles. The second kappa shape index (κ2) is 5.96. The third-order valence-corrected chi connectivity index (χ3v) is 4.26. The molecule has 1 fully saturated rings. The molecule has 26 heavy (non-hydrogen) atoms. The number of benzene rings is 2. The van der Waals surface area contributed by atoms with E-state index in [1.165, 1.54) is 4.90 Å². The first kappa shape index (κ1) is 15.8. The maximum absolute atomic E-state index is 13.1. The number of nitrogens with zero attached hydrogens (tertiary/aromatic N) is 1. The molecule has 0 atom stereocenters. The Morgan fingerprint density at radius 2 is 1.35 bits per heavy atom. The quantitative estimate of drug-likeness (QED) is 0.633. The highest BCUT2D eigenvalue weighted by atomic mass is 16.2. The van der Waals surface area contributed by atoms with Crippen LogP contribution >= 0.6 is 0 Å². The molecule has 2 N–H and O–H groups in total. The fourth-order valence-corrected chi connectivity index (χ4v) is 3.14. The van der Waals surface area contributed by atoms with Crippen LogP contribution in [0, 0.1) is 0 Å². The zero-order valence-electron chi connectivity index (χ0n) is 13.5. The Morgan fingerprint density at radius 3 is 2.04 bits per heavy atom. The molecule has 0 unspecified atom stereocenters. The molecule has 7 heteroatoms. The van der Waals surface area contributed by atoms with Gasteiger partial charge in [0.2, 0.25) is 0 Å². The Bertz CT molecular complexity index is 973. The lowest BCUT2D eigenvalue weighted by Gasteiger charge is -2.18. The van der Waals surface area contributed by atoms with Crippen molar-refractivity contribution in [3.63, 3.8) is 0 Å². The zero-order chi connectivity index (χ0) is 18.3. The summed E-state index contributed by atoms with van der Waals surface area (Å²) in [6.07, 6.45) is 0. The summed E-state index contributed by atoms with van der Waals surface area (Å²) in [6.45, 7) is 0.301. The number of fused-ring (bicyclic) bond motifs is 1. The second-order valence-electron chi connectivity index (χ2n) is 5.88. The van der Waals surface area contributed by atoms with Crippen molar-refractivity contribution in [3.8, 4) is 0 Å². The molecule has 0 bridgehead atoms. The number of hydrogen-bond acceptors (Lipinski definition) is 4. The number of carbonyl (C=O) groups excluding carboxylic acids is 4. The van der Waals surface area contributed by atoms with Gasteiger partial charge in [0.05, 0.1) is 17.8 Å². The van der Waals surface area contributed by atoms with Gasteiger partial charge in [0, 0.05) is 5.56 Å². The van der Waals surface area contributed by atoms with Crippen LogP contribution in [0.3, 0.4) is 0 Å². The van der Waals surface area contributed by atoms with Crippen LogP contribution in [0.15, 0.2) is 60.2 Å². The van der Waals surface area contributed by atoms with E-state index in [1.54, 1.807) is 24.3 Å². The first-order chi connectivity index (χ1) is 12.6. The van der Waals surface area contributed by atoms with E-state index >= 15 is 0 Å². The molecular weight excluding hydrogens is 334 g/mol. The predicted molar refractivity (Wildman–Crippen MR) is 92.7 cm³/mol. The van der Waals surface area contributed by atoms with Crippen molar-refractivity contribution in [1.82, 2.24) is 10.6 Å². The molecule has 0 saturated carbocycles. The molecular formula is C19H13N3O4. The largest absolute Gasteiger partial charge is 0.328 e. The van der Waals surface area contributed by atoms with Crippen molar-refractivity contribution in [2.24, 2.45) is 0 Å². The van der Waals surface area contributed by atoms with Gasteiger partial charge in [0.1, 0.15) is 5.57 Å². The lowest BCUT2D eigenvalue weighted by molar-refractivity contribution is -0.124. The third kappa shape index (κ3) is 2.46. The first-order valence-corrected chi connectivity index (χ1v) is 7.92. The predicted octanol–water partition coefficient (Wildman–Crippen LogP) is 1.35. The van der Waals surface area contributed by atoms with Gasteiger partial charge in [-0.15, -0.1) is 0 Å². The van der Waals surface area contributed by atoms with Gasteiger partial charge in [0.25, 0.3) is 17.7 Å². The van der Waals surface area contributed by atoms with Crippen LogP contribution in [0.2, 0.25) is 0 Å². The summed E-state index contributed by atoms with van der Waals surface area (Å²) in [5.41, 5.74) is 1.66. The van der Waals surface area contributed by atoms with E-state index in [-0.39, 0.29) is 11.1 Å². The van der Waals surface area contributed by atoms with Gasteiger partial charge in [-0.05, 0) is 11.6 Å². The minimum Gasteiger partial charge on any atom is -0.303 e. The van der Waals surface area contributed by atoms with Gasteiger partial charge in [-0.3, -0.25) is 25.0 Å². The van der Waals surface area contributed by atoms with Gasteiger partial charge in [-0.2, -0.15) is 0 Å². The summed E-state index contributed by atoms with van der Waals surface area (Å²) >= 11 is 0. The van der Waals surface area contributed by atoms with E-state index < -0.39 is 23.8 Å². The van der Waals surface area contributed by atoms with E-state index in [4.69, 9.17) is 0 Å². The monoisotopic (exact) mass is 347 g/mol. The van der Waals surface area contributed by atoms with Gasteiger partial charge < -0.3 is 4.90 Å². The van der Waals surface area contributed by atoms with E-state index in [0.29, 0.717) is 17.8 Å². The van der Waals surface area contributed by atoms with E-state index in [0.717, 1.165) is 5.56 Å². The van der Waals surface area contributed by atoms with Crippen molar-refractivity contribution in [3.05, 3.63) is 71.3 Å².